The number of fused-ring (bicyclic) bond motifs is 2. The third-order valence-electron chi connectivity index (χ3n) is 15.0. The molecule has 424 valence electrons. The summed E-state index contributed by atoms with van der Waals surface area (Å²) >= 11 is 0. The topological polar surface area (TPSA) is 315 Å². The number of carbonyl (C=O) groups excluding carboxylic acids is 7. The number of carbonyl (C=O) groups is 7. The molecule has 0 aliphatic carbocycles. The molecule has 7 amide bonds. The monoisotopic (exact) mass is 1080 g/mol. The molecule has 4 heterocycles. The first-order valence-corrected chi connectivity index (χ1v) is 27.6. The molecule has 0 radical (unpaired) electrons. The molecule has 0 spiro atoms. The summed E-state index contributed by atoms with van der Waals surface area (Å²) in [7, 11) is 0. The van der Waals surface area contributed by atoms with Gasteiger partial charge in [-0.3, -0.25) is 33.6 Å². The van der Waals surface area contributed by atoms with Crippen molar-refractivity contribution in [3.05, 3.63) is 83.9 Å². The summed E-state index contributed by atoms with van der Waals surface area (Å²) in [5, 5.41) is 44.9. The Bertz CT molecular complexity index is 2510. The average molecular weight is 1080 g/mol. The van der Waals surface area contributed by atoms with Crippen LogP contribution in [0.5, 0.6) is 11.5 Å². The lowest BCUT2D eigenvalue weighted by Gasteiger charge is -2.37. The van der Waals surface area contributed by atoms with Crippen molar-refractivity contribution >= 4 is 52.7 Å². The second-order valence-electron chi connectivity index (χ2n) is 21.0. The summed E-state index contributed by atoms with van der Waals surface area (Å²) in [6.07, 6.45) is 2.91. The Kier molecular flexibility index (Phi) is 21.1. The minimum absolute atomic E-state index is 0.0152. The van der Waals surface area contributed by atoms with E-state index in [-0.39, 0.29) is 69.5 Å². The SMILES string of the molecule is CCCCCCCCOc1ccc(N2CCN(c3ccc(C(=O)N[C@H]4CCCNC(=O)[C@@H]5C[C@H](N)CN5C(=O)[C@H](N)NC(=O)[C@H](CCc5ccc(O)cc5)NC(=O)[C@@H]5C[C@@H](O)CN5C(=O)[C@H]([C@@H](C)O)NC4=O)cc3)CC2)cc1. The van der Waals surface area contributed by atoms with Gasteiger partial charge in [0.2, 0.25) is 29.5 Å². The molecule has 22 nitrogen and oxygen atoms in total. The fourth-order valence-corrected chi connectivity index (χ4v) is 10.5. The first kappa shape index (κ1) is 58.7. The van der Waals surface area contributed by atoms with E-state index in [1.807, 2.05) is 24.3 Å². The van der Waals surface area contributed by atoms with Crippen molar-refractivity contribution < 1.29 is 53.6 Å². The second kappa shape index (κ2) is 28.0. The van der Waals surface area contributed by atoms with Crippen LogP contribution in [0, 0.1) is 0 Å². The second-order valence-corrected chi connectivity index (χ2v) is 21.0. The Morgan fingerprint density at radius 2 is 1.35 bits per heavy atom. The number of aromatic hydroxyl groups is 1. The van der Waals surface area contributed by atoms with Crippen LogP contribution in [0.2, 0.25) is 0 Å². The van der Waals surface area contributed by atoms with Crippen molar-refractivity contribution in [2.45, 2.75) is 146 Å². The number of aryl methyl sites for hydroxylation is 1. The normalized spacial score (nSPS) is 25.5. The molecule has 4 aliphatic heterocycles. The maximum Gasteiger partial charge on any atom is 0.260 e. The summed E-state index contributed by atoms with van der Waals surface area (Å²) in [5.41, 5.74) is 15.5. The Morgan fingerprint density at radius 1 is 0.731 bits per heavy atom. The predicted octanol–water partition coefficient (Wildman–Crippen LogP) is 0.741. The Morgan fingerprint density at radius 3 is 2.00 bits per heavy atom. The fourth-order valence-electron chi connectivity index (χ4n) is 10.5. The summed E-state index contributed by atoms with van der Waals surface area (Å²) in [6, 6.07) is 14.0. The minimum atomic E-state index is -1.67. The van der Waals surface area contributed by atoms with Crippen molar-refractivity contribution in [3.63, 3.8) is 0 Å². The van der Waals surface area contributed by atoms with Gasteiger partial charge in [-0.1, -0.05) is 51.2 Å². The molecule has 0 bridgehead atoms. The molecule has 0 aromatic heterocycles. The molecule has 9 atom stereocenters. The molecule has 4 aliphatic rings. The Labute approximate surface area is 455 Å². The molecule has 3 aromatic rings. The number of amides is 7. The van der Waals surface area contributed by atoms with E-state index in [1.54, 1.807) is 24.3 Å². The first-order chi connectivity index (χ1) is 37.5. The summed E-state index contributed by atoms with van der Waals surface area (Å²) < 4.78 is 5.98. The summed E-state index contributed by atoms with van der Waals surface area (Å²) in [6.45, 7) is 6.81. The number of ether oxygens (including phenoxy) is 1. The number of anilines is 2. The number of nitrogens with two attached hydrogens (primary N) is 2. The van der Waals surface area contributed by atoms with Crippen LogP contribution in [-0.2, 0) is 35.2 Å². The summed E-state index contributed by atoms with van der Waals surface area (Å²) in [5.74, 6) is -4.55. The van der Waals surface area contributed by atoms with Crippen molar-refractivity contribution in [3.8, 4) is 11.5 Å². The van der Waals surface area contributed by atoms with Crippen molar-refractivity contribution in [1.29, 1.82) is 0 Å². The number of hydrogen-bond donors (Lipinski definition) is 10. The lowest BCUT2D eigenvalue weighted by Crippen LogP contribution is -2.61. The Balaban J connectivity index is 1.03. The zero-order valence-electron chi connectivity index (χ0n) is 44.8. The largest absolute Gasteiger partial charge is 0.508 e. The fraction of sp³-hybridized carbons (Fsp3) is 0.554. The number of rotatable bonds is 16. The van der Waals surface area contributed by atoms with Gasteiger partial charge in [0, 0.05) is 75.2 Å². The number of aliphatic hydroxyl groups excluding tert-OH is 2. The maximum absolute atomic E-state index is 14.4. The predicted molar refractivity (Wildman–Crippen MR) is 292 cm³/mol. The minimum Gasteiger partial charge on any atom is -0.508 e. The van der Waals surface area contributed by atoms with Crippen LogP contribution >= 0.6 is 0 Å². The number of aliphatic hydroxyl groups is 2. The van der Waals surface area contributed by atoms with Gasteiger partial charge in [0.05, 0.1) is 18.8 Å². The van der Waals surface area contributed by atoms with Crippen LogP contribution in [0.4, 0.5) is 11.4 Å². The third-order valence-corrected chi connectivity index (χ3v) is 15.0. The highest BCUT2D eigenvalue weighted by Gasteiger charge is 2.45. The Hall–Kier alpha value is -7.01. The highest BCUT2D eigenvalue weighted by Crippen LogP contribution is 2.26. The van der Waals surface area contributed by atoms with Crippen molar-refractivity contribution in [2.75, 3.05) is 62.2 Å². The van der Waals surface area contributed by atoms with Gasteiger partial charge in [0.25, 0.3) is 11.8 Å². The van der Waals surface area contributed by atoms with Crippen molar-refractivity contribution in [1.82, 2.24) is 36.4 Å². The van der Waals surface area contributed by atoms with Crippen LogP contribution in [0.3, 0.4) is 0 Å². The van der Waals surface area contributed by atoms with Gasteiger partial charge < -0.3 is 77.7 Å². The van der Waals surface area contributed by atoms with Crippen LogP contribution in [0.15, 0.2) is 72.8 Å². The number of unbranched alkanes of at least 4 members (excludes halogenated alkanes) is 5. The van der Waals surface area contributed by atoms with Gasteiger partial charge in [-0.2, -0.15) is 0 Å². The third kappa shape index (κ3) is 15.8. The highest BCUT2D eigenvalue weighted by atomic mass is 16.5. The standard InChI is InChI=1S/C56H79N11O11/c1-3-4-5-6-7-8-30-78-43-22-18-40(19-23-43)65-28-26-64(27-29-65)39-16-14-37(15-17-39)50(71)60-44-10-9-25-59-53(74)46-31-38(57)33-66(46)56(77)49(58)63-52(73)45(24-13-36-11-20-41(69)21-12-36)61-54(75)47-32-42(70)34-67(47)55(76)48(35(2)68)62-51(44)72/h11-12,14-23,35,38,42,44-49,68-70H,3-10,13,24-34,57-58H2,1-2H3,(H,59,74)(H,60,71)(H,61,75)(H,62,72)(H,63,73)/t35-,38+,42-,44+,45+,46+,47+,48+,49-/m1/s1. The first-order valence-electron chi connectivity index (χ1n) is 27.6. The maximum atomic E-state index is 14.4. The molecule has 7 rings (SSSR count). The molecule has 0 saturated carbocycles. The van der Waals surface area contributed by atoms with Crippen LogP contribution in [0.25, 0.3) is 0 Å². The molecule has 0 unspecified atom stereocenters. The van der Waals surface area contributed by atoms with Gasteiger partial charge in [0.15, 0.2) is 6.17 Å². The van der Waals surface area contributed by atoms with E-state index in [0.29, 0.717) is 12.2 Å². The van der Waals surface area contributed by atoms with E-state index in [2.05, 4.69) is 55.4 Å². The molecular formula is C56H79N11O11. The van der Waals surface area contributed by atoms with Gasteiger partial charge in [-0.25, -0.2) is 0 Å². The van der Waals surface area contributed by atoms with E-state index in [9.17, 15) is 48.9 Å². The number of nitrogens with zero attached hydrogens (tertiary/aromatic N) is 4. The van der Waals surface area contributed by atoms with E-state index >= 15 is 0 Å². The van der Waals surface area contributed by atoms with Gasteiger partial charge in [0.1, 0.15) is 41.7 Å². The molecular weight excluding hydrogens is 1000 g/mol. The number of hydrogen-bond acceptors (Lipinski definition) is 15. The summed E-state index contributed by atoms with van der Waals surface area (Å²) in [4.78, 5) is 105. The van der Waals surface area contributed by atoms with Crippen LogP contribution < -0.4 is 52.6 Å². The van der Waals surface area contributed by atoms with E-state index in [0.717, 1.165) is 54.6 Å². The number of phenols is 1. The number of phenolic OH excluding ortho intramolecular Hbond substituents is 1. The van der Waals surface area contributed by atoms with Crippen LogP contribution in [0.1, 0.15) is 100 Å². The lowest BCUT2D eigenvalue weighted by atomic mass is 10.0. The molecule has 4 fully saturated rings. The molecule has 78 heavy (non-hydrogen) atoms. The number of benzene rings is 3. The van der Waals surface area contributed by atoms with Gasteiger partial charge in [-0.05, 0) is 112 Å². The highest BCUT2D eigenvalue weighted by molar-refractivity contribution is 6.00. The number of nitrogens with one attached hydrogen (secondary N) is 5. The number of piperazine rings is 1. The quantitative estimate of drug-likeness (QED) is 0.0885. The van der Waals surface area contributed by atoms with Crippen LogP contribution in [-0.4, -0.2) is 174 Å². The van der Waals surface area contributed by atoms with Gasteiger partial charge in [-0.15, -0.1) is 0 Å². The van der Waals surface area contributed by atoms with E-state index in [1.165, 1.54) is 56.1 Å². The molecule has 4 saturated heterocycles. The molecule has 22 heteroatoms. The van der Waals surface area contributed by atoms with E-state index < -0.39 is 96.0 Å². The van der Waals surface area contributed by atoms with Crippen molar-refractivity contribution in [2.24, 2.45) is 11.5 Å². The molecule has 12 N–H and O–H groups in total. The average Bonchev–Trinajstić information content (AvgIpc) is 4.04. The smallest absolute Gasteiger partial charge is 0.260 e. The lowest BCUT2D eigenvalue weighted by molar-refractivity contribution is -0.145. The van der Waals surface area contributed by atoms with E-state index in [4.69, 9.17) is 16.2 Å². The van der Waals surface area contributed by atoms with Gasteiger partial charge >= 0.3 is 0 Å². The zero-order chi connectivity index (χ0) is 55.9. The molecule has 3 aromatic carbocycles. The zero-order valence-corrected chi connectivity index (χ0v) is 44.8.